The van der Waals surface area contributed by atoms with Crippen LogP contribution in [0.25, 0.3) is 0 Å². The molecule has 1 atom stereocenters. The van der Waals surface area contributed by atoms with Crippen LogP contribution in [0.5, 0.6) is 11.5 Å². The van der Waals surface area contributed by atoms with Crippen molar-refractivity contribution in [1.29, 1.82) is 0 Å². The molecule has 0 heterocycles. The number of methoxy groups -OCH3 is 2. The standard InChI is InChI=1S/C23H19NO7/c1-29-19-13-17(18(24(27)28)14-20(19)30-2)23(26)31-22(16-11-7-4-8-12-16)21(25)15-9-5-3-6-10-15/h3-14,22H,1-2H3. The number of ether oxygens (including phenoxy) is 3. The summed E-state index contributed by atoms with van der Waals surface area (Å²) in [6, 6.07) is 19.0. The van der Waals surface area contributed by atoms with Gasteiger partial charge in [0.05, 0.1) is 25.2 Å². The molecule has 0 radical (unpaired) electrons. The van der Waals surface area contributed by atoms with Gasteiger partial charge in [-0.15, -0.1) is 0 Å². The third-order valence-electron chi connectivity index (χ3n) is 4.54. The fourth-order valence-electron chi connectivity index (χ4n) is 3.01. The number of esters is 1. The first-order chi connectivity index (χ1) is 15.0. The van der Waals surface area contributed by atoms with Crippen LogP contribution in [0.2, 0.25) is 0 Å². The van der Waals surface area contributed by atoms with E-state index in [9.17, 15) is 19.7 Å². The minimum atomic E-state index is -1.29. The van der Waals surface area contributed by atoms with Crippen molar-refractivity contribution in [3.63, 3.8) is 0 Å². The zero-order valence-corrected chi connectivity index (χ0v) is 16.8. The van der Waals surface area contributed by atoms with Crippen LogP contribution in [-0.4, -0.2) is 30.9 Å². The van der Waals surface area contributed by atoms with Gasteiger partial charge in [0.1, 0.15) is 5.56 Å². The van der Waals surface area contributed by atoms with Crippen LogP contribution in [0.15, 0.2) is 72.8 Å². The molecule has 0 aliphatic carbocycles. The van der Waals surface area contributed by atoms with Crippen molar-refractivity contribution in [2.45, 2.75) is 6.10 Å². The lowest BCUT2D eigenvalue weighted by Crippen LogP contribution is -2.21. The normalized spacial score (nSPS) is 11.3. The first-order valence-corrected chi connectivity index (χ1v) is 9.21. The summed E-state index contributed by atoms with van der Waals surface area (Å²) in [5, 5.41) is 11.5. The molecule has 1 unspecified atom stereocenters. The molecule has 31 heavy (non-hydrogen) atoms. The minimum Gasteiger partial charge on any atom is -0.493 e. The predicted molar refractivity (Wildman–Crippen MR) is 112 cm³/mol. The molecule has 0 aliphatic rings. The summed E-state index contributed by atoms with van der Waals surface area (Å²) in [6.07, 6.45) is -1.29. The van der Waals surface area contributed by atoms with Crippen LogP contribution in [-0.2, 0) is 4.74 Å². The maximum absolute atomic E-state index is 13.1. The summed E-state index contributed by atoms with van der Waals surface area (Å²) in [5.74, 6) is -1.29. The Hall–Kier alpha value is -4.20. The van der Waals surface area contributed by atoms with Gasteiger partial charge in [-0.05, 0) is 0 Å². The Morgan fingerprint density at radius 2 is 1.42 bits per heavy atom. The highest BCUT2D eigenvalue weighted by Gasteiger charge is 2.31. The Kier molecular flexibility index (Phi) is 6.61. The first kappa shape index (κ1) is 21.5. The van der Waals surface area contributed by atoms with E-state index in [1.165, 1.54) is 14.2 Å². The number of carbonyl (C=O) groups is 2. The molecule has 0 N–H and O–H groups in total. The van der Waals surface area contributed by atoms with Crippen molar-refractivity contribution in [2.24, 2.45) is 0 Å². The number of rotatable bonds is 8. The van der Waals surface area contributed by atoms with Gasteiger partial charge in [0, 0.05) is 17.2 Å². The number of hydrogen-bond donors (Lipinski definition) is 0. The van der Waals surface area contributed by atoms with E-state index >= 15 is 0 Å². The average molecular weight is 421 g/mol. The Balaban J connectivity index is 2.03. The molecule has 158 valence electrons. The largest absolute Gasteiger partial charge is 0.493 e. The molecule has 0 fully saturated rings. The second-order valence-corrected chi connectivity index (χ2v) is 6.41. The maximum atomic E-state index is 13.1. The molecular formula is C23H19NO7. The Labute approximate surface area is 178 Å². The third-order valence-corrected chi connectivity index (χ3v) is 4.54. The number of nitrogens with zero attached hydrogens (tertiary/aromatic N) is 1. The second kappa shape index (κ2) is 9.53. The average Bonchev–Trinajstić information content (AvgIpc) is 2.82. The van der Waals surface area contributed by atoms with Crippen LogP contribution in [0.1, 0.15) is 32.4 Å². The van der Waals surface area contributed by atoms with Crippen LogP contribution in [0.4, 0.5) is 5.69 Å². The van der Waals surface area contributed by atoms with E-state index in [0.29, 0.717) is 11.1 Å². The van der Waals surface area contributed by atoms with E-state index in [2.05, 4.69) is 0 Å². The summed E-state index contributed by atoms with van der Waals surface area (Å²) in [5.41, 5.74) is -0.107. The van der Waals surface area contributed by atoms with Crippen molar-refractivity contribution < 1.29 is 28.7 Å². The van der Waals surface area contributed by atoms with Gasteiger partial charge in [0.25, 0.3) is 5.69 Å². The van der Waals surface area contributed by atoms with Gasteiger partial charge in [0.15, 0.2) is 17.6 Å². The van der Waals surface area contributed by atoms with Gasteiger partial charge >= 0.3 is 5.97 Å². The van der Waals surface area contributed by atoms with Gasteiger partial charge in [-0.1, -0.05) is 60.7 Å². The molecule has 3 aromatic carbocycles. The van der Waals surface area contributed by atoms with Crippen molar-refractivity contribution >= 4 is 17.4 Å². The number of Topliss-reactive ketones (excluding diaryl/α,β-unsaturated/α-hetero) is 1. The van der Waals surface area contributed by atoms with E-state index in [1.54, 1.807) is 60.7 Å². The van der Waals surface area contributed by atoms with E-state index < -0.39 is 28.5 Å². The predicted octanol–water partition coefficient (Wildman–Crippen LogP) is 4.39. The molecule has 0 aromatic heterocycles. The van der Waals surface area contributed by atoms with Crippen molar-refractivity contribution in [1.82, 2.24) is 0 Å². The molecule has 8 heteroatoms. The highest BCUT2D eigenvalue weighted by molar-refractivity contribution is 6.03. The number of carbonyl (C=O) groups excluding carboxylic acids is 2. The molecule has 0 saturated carbocycles. The van der Waals surface area contributed by atoms with E-state index in [1.807, 2.05) is 0 Å². The Morgan fingerprint density at radius 3 is 1.97 bits per heavy atom. The van der Waals surface area contributed by atoms with Gasteiger partial charge < -0.3 is 14.2 Å². The number of benzene rings is 3. The summed E-state index contributed by atoms with van der Waals surface area (Å²) in [6.45, 7) is 0. The molecule has 3 aromatic rings. The summed E-state index contributed by atoms with van der Waals surface area (Å²) in [4.78, 5) is 36.9. The highest BCUT2D eigenvalue weighted by Crippen LogP contribution is 2.36. The molecule has 0 amide bonds. The monoisotopic (exact) mass is 421 g/mol. The Morgan fingerprint density at radius 1 is 0.871 bits per heavy atom. The SMILES string of the molecule is COc1cc(C(=O)OC(C(=O)c2ccccc2)c2ccccc2)c([N+](=O)[O-])cc1OC. The molecule has 0 saturated heterocycles. The zero-order valence-electron chi connectivity index (χ0n) is 16.8. The quantitative estimate of drug-likeness (QED) is 0.230. The lowest BCUT2D eigenvalue weighted by molar-refractivity contribution is -0.385. The van der Waals surface area contributed by atoms with Gasteiger partial charge in [-0.3, -0.25) is 14.9 Å². The Bertz CT molecular complexity index is 1100. The highest BCUT2D eigenvalue weighted by atomic mass is 16.6. The summed E-state index contributed by atoms with van der Waals surface area (Å²) >= 11 is 0. The van der Waals surface area contributed by atoms with Crippen LogP contribution in [0, 0.1) is 10.1 Å². The topological polar surface area (TPSA) is 105 Å². The number of ketones is 1. The summed E-state index contributed by atoms with van der Waals surface area (Å²) < 4.78 is 15.7. The fraction of sp³-hybridized carbons (Fsp3) is 0.130. The molecule has 0 bridgehead atoms. The minimum absolute atomic E-state index is 0.0886. The molecule has 3 rings (SSSR count). The van der Waals surface area contributed by atoms with Gasteiger partial charge in [-0.2, -0.15) is 0 Å². The van der Waals surface area contributed by atoms with Crippen molar-refractivity contribution in [3.05, 3.63) is 99.6 Å². The smallest absolute Gasteiger partial charge is 0.346 e. The van der Waals surface area contributed by atoms with Crippen molar-refractivity contribution in [2.75, 3.05) is 14.2 Å². The molecule has 0 aliphatic heterocycles. The second-order valence-electron chi connectivity index (χ2n) is 6.41. The first-order valence-electron chi connectivity index (χ1n) is 9.21. The zero-order chi connectivity index (χ0) is 22.4. The van der Waals surface area contributed by atoms with Gasteiger partial charge in [0.2, 0.25) is 5.78 Å². The third kappa shape index (κ3) is 4.69. The van der Waals surface area contributed by atoms with E-state index in [-0.39, 0.29) is 17.1 Å². The van der Waals surface area contributed by atoms with Gasteiger partial charge in [-0.25, -0.2) is 4.79 Å². The van der Waals surface area contributed by atoms with E-state index in [4.69, 9.17) is 14.2 Å². The van der Waals surface area contributed by atoms with Crippen molar-refractivity contribution in [3.8, 4) is 11.5 Å². The molecule has 0 spiro atoms. The maximum Gasteiger partial charge on any atom is 0.346 e. The molecular weight excluding hydrogens is 402 g/mol. The lowest BCUT2D eigenvalue weighted by atomic mass is 9.99. The fourth-order valence-corrected chi connectivity index (χ4v) is 3.01. The van der Waals surface area contributed by atoms with Crippen LogP contribution < -0.4 is 9.47 Å². The summed E-state index contributed by atoms with van der Waals surface area (Å²) in [7, 11) is 2.66. The lowest BCUT2D eigenvalue weighted by Gasteiger charge is -2.18. The van der Waals surface area contributed by atoms with E-state index in [0.717, 1.165) is 12.1 Å². The number of nitro groups is 1. The van der Waals surface area contributed by atoms with Crippen LogP contribution in [0.3, 0.4) is 0 Å². The number of nitro benzene ring substituents is 1. The number of hydrogen-bond acceptors (Lipinski definition) is 7. The van der Waals surface area contributed by atoms with Crippen LogP contribution >= 0.6 is 0 Å². The molecule has 8 nitrogen and oxygen atoms in total.